The molecule has 0 saturated carbocycles. The summed E-state index contributed by atoms with van der Waals surface area (Å²) in [5.74, 6) is 0.0968. The first-order valence-electron chi connectivity index (χ1n) is 5.68. The predicted octanol–water partition coefficient (Wildman–Crippen LogP) is -0.469. The molecule has 1 aliphatic rings. The fourth-order valence-corrected chi connectivity index (χ4v) is 1.89. The minimum Gasteiger partial charge on any atom is -0.358 e. The van der Waals surface area contributed by atoms with Gasteiger partial charge in [-0.25, -0.2) is 0 Å². The maximum absolute atomic E-state index is 11.8. The Kier molecular flexibility index (Phi) is 4.29. The Morgan fingerprint density at radius 2 is 1.94 bits per heavy atom. The SMILES string of the molecule is CNC(=O)C1CN(C(=O)C(C)C)CCN1C. The zero-order chi connectivity index (χ0) is 12.3. The number of likely N-dealkylation sites (N-methyl/N-ethyl adjacent to an activating group) is 2. The number of hydrogen-bond donors (Lipinski definition) is 1. The average molecular weight is 227 g/mol. The van der Waals surface area contributed by atoms with Crippen LogP contribution in [0.4, 0.5) is 0 Å². The van der Waals surface area contributed by atoms with Crippen molar-refractivity contribution in [2.45, 2.75) is 19.9 Å². The molecule has 0 aromatic heterocycles. The molecule has 1 saturated heterocycles. The first kappa shape index (κ1) is 13.0. The van der Waals surface area contributed by atoms with Gasteiger partial charge in [0.05, 0.1) is 0 Å². The van der Waals surface area contributed by atoms with E-state index in [2.05, 4.69) is 5.32 Å². The summed E-state index contributed by atoms with van der Waals surface area (Å²) in [5.41, 5.74) is 0. The van der Waals surface area contributed by atoms with Crippen LogP contribution in [0.25, 0.3) is 0 Å². The van der Waals surface area contributed by atoms with Crippen molar-refractivity contribution in [1.82, 2.24) is 15.1 Å². The number of piperazine rings is 1. The highest BCUT2D eigenvalue weighted by Crippen LogP contribution is 2.11. The van der Waals surface area contributed by atoms with Crippen LogP contribution in [-0.4, -0.2) is 61.4 Å². The van der Waals surface area contributed by atoms with Crippen molar-refractivity contribution in [2.24, 2.45) is 5.92 Å². The lowest BCUT2D eigenvalue weighted by Crippen LogP contribution is -2.58. The molecule has 0 bridgehead atoms. The molecule has 1 aliphatic heterocycles. The van der Waals surface area contributed by atoms with E-state index in [9.17, 15) is 9.59 Å². The van der Waals surface area contributed by atoms with Crippen LogP contribution in [0.3, 0.4) is 0 Å². The van der Waals surface area contributed by atoms with Crippen LogP contribution in [0.1, 0.15) is 13.8 Å². The second-order valence-electron chi connectivity index (χ2n) is 4.55. The molecule has 0 spiro atoms. The summed E-state index contributed by atoms with van der Waals surface area (Å²) in [4.78, 5) is 27.2. The van der Waals surface area contributed by atoms with Crippen LogP contribution in [0.2, 0.25) is 0 Å². The highest BCUT2D eigenvalue weighted by molar-refractivity contribution is 5.84. The van der Waals surface area contributed by atoms with Gasteiger partial charge >= 0.3 is 0 Å². The quantitative estimate of drug-likeness (QED) is 0.694. The van der Waals surface area contributed by atoms with Crippen molar-refractivity contribution < 1.29 is 9.59 Å². The Bertz CT molecular complexity index is 278. The molecule has 0 radical (unpaired) electrons. The number of amides is 2. The van der Waals surface area contributed by atoms with Crippen LogP contribution < -0.4 is 5.32 Å². The van der Waals surface area contributed by atoms with E-state index in [-0.39, 0.29) is 23.8 Å². The normalized spacial score (nSPS) is 22.3. The number of carbonyl (C=O) groups is 2. The number of nitrogens with one attached hydrogen (secondary N) is 1. The van der Waals surface area contributed by atoms with E-state index < -0.39 is 0 Å². The van der Waals surface area contributed by atoms with E-state index in [0.29, 0.717) is 13.1 Å². The van der Waals surface area contributed by atoms with Gasteiger partial charge in [0, 0.05) is 32.6 Å². The molecular weight excluding hydrogens is 206 g/mol. The molecule has 5 heteroatoms. The topological polar surface area (TPSA) is 52.7 Å². The fraction of sp³-hybridized carbons (Fsp3) is 0.818. The van der Waals surface area contributed by atoms with Crippen molar-refractivity contribution >= 4 is 11.8 Å². The zero-order valence-electron chi connectivity index (χ0n) is 10.5. The summed E-state index contributed by atoms with van der Waals surface area (Å²) in [6.45, 7) is 5.72. The molecule has 16 heavy (non-hydrogen) atoms. The molecule has 0 aromatic carbocycles. The smallest absolute Gasteiger partial charge is 0.238 e. The van der Waals surface area contributed by atoms with E-state index in [0.717, 1.165) is 6.54 Å². The summed E-state index contributed by atoms with van der Waals surface area (Å²) in [5, 5.41) is 2.64. The minimum absolute atomic E-state index is 0.00579. The van der Waals surface area contributed by atoms with Gasteiger partial charge in [-0.3, -0.25) is 14.5 Å². The summed E-state index contributed by atoms with van der Waals surface area (Å²) in [6.07, 6.45) is 0. The lowest BCUT2D eigenvalue weighted by molar-refractivity contribution is -0.139. The van der Waals surface area contributed by atoms with E-state index >= 15 is 0 Å². The molecule has 1 unspecified atom stereocenters. The van der Waals surface area contributed by atoms with Gasteiger partial charge in [0.25, 0.3) is 0 Å². The van der Waals surface area contributed by atoms with E-state index in [1.807, 2.05) is 25.8 Å². The van der Waals surface area contributed by atoms with Crippen molar-refractivity contribution in [3.05, 3.63) is 0 Å². The average Bonchev–Trinajstić information content (AvgIpc) is 2.27. The number of rotatable bonds is 2. The lowest BCUT2D eigenvalue weighted by Gasteiger charge is -2.39. The van der Waals surface area contributed by atoms with Crippen molar-refractivity contribution in [2.75, 3.05) is 33.7 Å². The Morgan fingerprint density at radius 3 is 2.44 bits per heavy atom. The summed E-state index contributed by atoms with van der Waals surface area (Å²) in [6, 6.07) is -0.221. The third kappa shape index (κ3) is 2.72. The van der Waals surface area contributed by atoms with Gasteiger partial charge in [-0.15, -0.1) is 0 Å². The Morgan fingerprint density at radius 1 is 1.31 bits per heavy atom. The van der Waals surface area contributed by atoms with Gasteiger partial charge in [-0.05, 0) is 7.05 Å². The van der Waals surface area contributed by atoms with Gasteiger partial charge in [-0.1, -0.05) is 13.8 Å². The van der Waals surface area contributed by atoms with Gasteiger partial charge in [0.15, 0.2) is 0 Å². The summed E-state index contributed by atoms with van der Waals surface area (Å²) < 4.78 is 0. The Hall–Kier alpha value is -1.10. The van der Waals surface area contributed by atoms with Crippen LogP contribution >= 0.6 is 0 Å². The molecule has 0 aliphatic carbocycles. The van der Waals surface area contributed by atoms with E-state index in [1.165, 1.54) is 0 Å². The van der Waals surface area contributed by atoms with E-state index in [4.69, 9.17) is 0 Å². The minimum atomic E-state index is -0.221. The molecule has 1 rings (SSSR count). The highest BCUT2D eigenvalue weighted by atomic mass is 16.2. The second kappa shape index (κ2) is 5.30. The zero-order valence-corrected chi connectivity index (χ0v) is 10.5. The molecule has 5 nitrogen and oxygen atoms in total. The Labute approximate surface area is 96.8 Å². The van der Waals surface area contributed by atoms with E-state index in [1.54, 1.807) is 11.9 Å². The molecule has 92 valence electrons. The number of hydrogen-bond acceptors (Lipinski definition) is 3. The van der Waals surface area contributed by atoms with Crippen LogP contribution in [0, 0.1) is 5.92 Å². The van der Waals surface area contributed by atoms with Crippen molar-refractivity contribution in [3.8, 4) is 0 Å². The highest BCUT2D eigenvalue weighted by Gasteiger charge is 2.32. The van der Waals surface area contributed by atoms with Crippen molar-refractivity contribution in [1.29, 1.82) is 0 Å². The fourth-order valence-electron chi connectivity index (χ4n) is 1.89. The lowest BCUT2D eigenvalue weighted by atomic mass is 10.1. The molecule has 1 N–H and O–H groups in total. The maximum Gasteiger partial charge on any atom is 0.238 e. The maximum atomic E-state index is 11.8. The summed E-state index contributed by atoms with van der Waals surface area (Å²) >= 11 is 0. The van der Waals surface area contributed by atoms with Crippen LogP contribution in [0.15, 0.2) is 0 Å². The van der Waals surface area contributed by atoms with Gasteiger partial charge in [0.1, 0.15) is 6.04 Å². The molecule has 1 heterocycles. The number of carbonyl (C=O) groups excluding carboxylic acids is 2. The monoisotopic (exact) mass is 227 g/mol. The van der Waals surface area contributed by atoms with Crippen LogP contribution in [0.5, 0.6) is 0 Å². The van der Waals surface area contributed by atoms with Gasteiger partial charge in [0.2, 0.25) is 11.8 Å². The third-order valence-corrected chi connectivity index (χ3v) is 3.00. The van der Waals surface area contributed by atoms with Gasteiger partial charge in [-0.2, -0.15) is 0 Å². The first-order chi connectivity index (χ1) is 7.47. The van der Waals surface area contributed by atoms with Crippen LogP contribution in [-0.2, 0) is 9.59 Å². The second-order valence-corrected chi connectivity index (χ2v) is 4.55. The predicted molar refractivity (Wildman–Crippen MR) is 61.9 cm³/mol. The van der Waals surface area contributed by atoms with Crippen molar-refractivity contribution in [3.63, 3.8) is 0 Å². The standard InChI is InChI=1S/C11H21N3O2/c1-8(2)11(16)14-6-5-13(4)9(7-14)10(15)12-3/h8-9H,5-7H2,1-4H3,(H,12,15). The Balaban J connectivity index is 2.67. The van der Waals surface area contributed by atoms with Gasteiger partial charge < -0.3 is 10.2 Å². The molecule has 0 aromatic rings. The molecule has 1 atom stereocenters. The third-order valence-electron chi connectivity index (χ3n) is 3.00. The molecular formula is C11H21N3O2. The summed E-state index contributed by atoms with van der Waals surface area (Å²) in [7, 11) is 3.54. The largest absolute Gasteiger partial charge is 0.358 e. The first-order valence-corrected chi connectivity index (χ1v) is 5.68. The molecule has 2 amide bonds. The molecule has 1 fully saturated rings. The number of nitrogens with zero attached hydrogens (tertiary/aromatic N) is 2.